The molecule has 0 aliphatic carbocycles. The molecule has 0 radical (unpaired) electrons. The molecule has 1 rings (SSSR count). The van der Waals surface area contributed by atoms with Crippen LogP contribution in [0, 0.1) is 5.92 Å². The van der Waals surface area contributed by atoms with E-state index in [2.05, 4.69) is 6.58 Å². The smallest absolute Gasteiger partial charge is 0.108 e. The van der Waals surface area contributed by atoms with Crippen LogP contribution in [-0.4, -0.2) is 23.9 Å². The molecule has 0 aromatic heterocycles. The Morgan fingerprint density at radius 2 is 2.56 bits per heavy atom. The average Bonchev–Trinajstić information content (AvgIpc) is 2.64. The van der Waals surface area contributed by atoms with Crippen molar-refractivity contribution in [2.24, 2.45) is 5.92 Å². The van der Waals surface area contributed by atoms with Gasteiger partial charge in [0.25, 0.3) is 0 Å². The van der Waals surface area contributed by atoms with Crippen molar-refractivity contribution in [3.8, 4) is 0 Å². The van der Waals surface area contributed by atoms with Gasteiger partial charge in [0.15, 0.2) is 0 Å². The summed E-state index contributed by atoms with van der Waals surface area (Å²) in [6.45, 7) is 5.81. The van der Waals surface area contributed by atoms with Crippen LogP contribution in [0.15, 0.2) is 12.7 Å². The molecular weight excluding hydrogens is 116 g/mol. The van der Waals surface area contributed by atoms with Crippen molar-refractivity contribution in [3.05, 3.63) is 12.7 Å². The van der Waals surface area contributed by atoms with Crippen molar-refractivity contribution >= 4 is 0 Å². The van der Waals surface area contributed by atoms with Gasteiger partial charge in [0.1, 0.15) is 6.10 Å². The molecule has 0 aromatic rings. The lowest BCUT2D eigenvalue weighted by Crippen LogP contribution is -2.05. The molecule has 1 aliphatic heterocycles. The molecule has 0 spiro atoms. The SMILES string of the molecule is C=C[C@H](C)[C@H]1O[C@@H]1CO. The Labute approximate surface area is 55.1 Å². The second-order valence-electron chi connectivity index (χ2n) is 2.42. The summed E-state index contributed by atoms with van der Waals surface area (Å²) in [5, 5.41) is 8.56. The maximum atomic E-state index is 8.56. The molecular formula is C7H12O2. The average molecular weight is 128 g/mol. The van der Waals surface area contributed by atoms with Gasteiger partial charge in [0.2, 0.25) is 0 Å². The first-order valence-electron chi connectivity index (χ1n) is 3.18. The van der Waals surface area contributed by atoms with Crippen molar-refractivity contribution in [2.45, 2.75) is 19.1 Å². The summed E-state index contributed by atoms with van der Waals surface area (Å²) in [6, 6.07) is 0. The molecule has 2 heteroatoms. The predicted molar refractivity (Wildman–Crippen MR) is 35.1 cm³/mol. The van der Waals surface area contributed by atoms with Gasteiger partial charge in [-0.2, -0.15) is 0 Å². The zero-order valence-electron chi connectivity index (χ0n) is 5.58. The number of hydrogen-bond donors (Lipinski definition) is 1. The lowest BCUT2D eigenvalue weighted by molar-refractivity contribution is 0.240. The summed E-state index contributed by atoms with van der Waals surface area (Å²) in [5.41, 5.74) is 0. The number of rotatable bonds is 3. The largest absolute Gasteiger partial charge is 0.394 e. The predicted octanol–water partition coefficient (Wildman–Crippen LogP) is 0.568. The first kappa shape index (κ1) is 6.78. The minimum atomic E-state index is 0.0815. The van der Waals surface area contributed by atoms with Crippen LogP contribution < -0.4 is 0 Å². The molecule has 0 amide bonds. The molecule has 1 aliphatic rings. The van der Waals surface area contributed by atoms with Gasteiger partial charge in [0, 0.05) is 5.92 Å². The molecule has 0 bridgehead atoms. The van der Waals surface area contributed by atoms with Crippen LogP contribution in [-0.2, 0) is 4.74 Å². The first-order valence-corrected chi connectivity index (χ1v) is 3.18. The highest BCUT2D eigenvalue weighted by molar-refractivity contribution is 4.95. The maximum Gasteiger partial charge on any atom is 0.108 e. The normalized spacial score (nSPS) is 35.8. The van der Waals surface area contributed by atoms with Crippen LogP contribution >= 0.6 is 0 Å². The van der Waals surface area contributed by atoms with E-state index in [1.807, 2.05) is 13.0 Å². The summed E-state index contributed by atoms with van der Waals surface area (Å²) in [6.07, 6.45) is 2.16. The van der Waals surface area contributed by atoms with Gasteiger partial charge >= 0.3 is 0 Å². The highest BCUT2D eigenvalue weighted by atomic mass is 16.6. The second-order valence-corrected chi connectivity index (χ2v) is 2.42. The van der Waals surface area contributed by atoms with E-state index in [0.717, 1.165) is 0 Å². The van der Waals surface area contributed by atoms with E-state index in [4.69, 9.17) is 9.84 Å². The Kier molecular flexibility index (Phi) is 1.88. The van der Waals surface area contributed by atoms with Crippen molar-refractivity contribution in [1.82, 2.24) is 0 Å². The number of aliphatic hydroxyl groups excluding tert-OH is 1. The van der Waals surface area contributed by atoms with Crippen molar-refractivity contribution in [2.75, 3.05) is 6.61 Å². The summed E-state index contributed by atoms with van der Waals surface area (Å²) in [7, 11) is 0. The van der Waals surface area contributed by atoms with E-state index in [9.17, 15) is 0 Å². The molecule has 0 aromatic carbocycles. The summed E-state index contributed by atoms with van der Waals surface area (Å²) < 4.78 is 5.10. The first-order chi connectivity index (χ1) is 4.29. The van der Waals surface area contributed by atoms with Crippen molar-refractivity contribution in [1.29, 1.82) is 0 Å². The Bertz CT molecular complexity index is 111. The fourth-order valence-corrected chi connectivity index (χ4v) is 0.900. The number of aliphatic hydroxyl groups is 1. The summed E-state index contributed by atoms with van der Waals surface area (Å²) in [4.78, 5) is 0. The standard InChI is InChI=1S/C7H12O2/c1-3-5(2)7-6(4-8)9-7/h3,5-8H,1,4H2,2H3/t5-,6+,7+/m0/s1. The molecule has 1 fully saturated rings. The molecule has 52 valence electrons. The van der Waals surface area contributed by atoms with Crippen molar-refractivity contribution in [3.63, 3.8) is 0 Å². The van der Waals surface area contributed by atoms with Gasteiger partial charge in [-0.3, -0.25) is 0 Å². The van der Waals surface area contributed by atoms with E-state index in [1.165, 1.54) is 0 Å². The maximum absolute atomic E-state index is 8.56. The fraction of sp³-hybridized carbons (Fsp3) is 0.714. The van der Waals surface area contributed by atoms with Gasteiger partial charge in [0.05, 0.1) is 12.7 Å². The highest BCUT2D eigenvalue weighted by Crippen LogP contribution is 2.29. The number of epoxide rings is 1. The Balaban J connectivity index is 2.24. The van der Waals surface area contributed by atoms with E-state index in [-0.39, 0.29) is 18.8 Å². The molecule has 0 saturated carbocycles. The van der Waals surface area contributed by atoms with Crippen LogP contribution in [0.4, 0.5) is 0 Å². The van der Waals surface area contributed by atoms with Crippen molar-refractivity contribution < 1.29 is 9.84 Å². The van der Waals surface area contributed by atoms with E-state index < -0.39 is 0 Å². The Morgan fingerprint density at radius 3 is 2.89 bits per heavy atom. The van der Waals surface area contributed by atoms with Gasteiger partial charge < -0.3 is 9.84 Å². The molecule has 9 heavy (non-hydrogen) atoms. The molecule has 0 unspecified atom stereocenters. The summed E-state index contributed by atoms with van der Waals surface area (Å²) >= 11 is 0. The minimum Gasteiger partial charge on any atom is -0.394 e. The molecule has 3 atom stereocenters. The zero-order valence-corrected chi connectivity index (χ0v) is 5.58. The quantitative estimate of drug-likeness (QED) is 0.445. The molecule has 1 heterocycles. The van der Waals surface area contributed by atoms with Gasteiger partial charge in [-0.25, -0.2) is 0 Å². The monoisotopic (exact) mass is 128 g/mol. The lowest BCUT2D eigenvalue weighted by atomic mass is 10.1. The van der Waals surface area contributed by atoms with Gasteiger partial charge in [-0.15, -0.1) is 6.58 Å². The van der Waals surface area contributed by atoms with Crippen LogP contribution in [0.25, 0.3) is 0 Å². The van der Waals surface area contributed by atoms with Crippen LogP contribution in [0.3, 0.4) is 0 Å². The molecule has 2 nitrogen and oxygen atoms in total. The highest BCUT2D eigenvalue weighted by Gasteiger charge is 2.40. The fourth-order valence-electron chi connectivity index (χ4n) is 0.900. The third-order valence-electron chi connectivity index (χ3n) is 1.69. The molecule has 1 saturated heterocycles. The van der Waals surface area contributed by atoms with Crippen LogP contribution in [0.5, 0.6) is 0 Å². The Morgan fingerprint density at radius 1 is 1.89 bits per heavy atom. The minimum absolute atomic E-state index is 0.0815. The summed E-state index contributed by atoms with van der Waals surface area (Å²) in [5.74, 6) is 0.377. The third-order valence-corrected chi connectivity index (χ3v) is 1.69. The second kappa shape index (κ2) is 2.50. The topological polar surface area (TPSA) is 32.8 Å². The van der Waals surface area contributed by atoms with Gasteiger partial charge in [-0.05, 0) is 0 Å². The van der Waals surface area contributed by atoms with E-state index in [0.29, 0.717) is 5.92 Å². The lowest BCUT2D eigenvalue weighted by Gasteiger charge is -1.96. The van der Waals surface area contributed by atoms with Gasteiger partial charge in [-0.1, -0.05) is 13.0 Å². The zero-order chi connectivity index (χ0) is 6.85. The third kappa shape index (κ3) is 1.32. The van der Waals surface area contributed by atoms with Crippen LogP contribution in [0.1, 0.15) is 6.92 Å². The number of ether oxygens (including phenoxy) is 1. The van der Waals surface area contributed by atoms with E-state index in [1.54, 1.807) is 0 Å². The van der Waals surface area contributed by atoms with Crippen LogP contribution in [0.2, 0.25) is 0 Å². The Hall–Kier alpha value is -0.340. The molecule has 1 N–H and O–H groups in total. The number of hydrogen-bond acceptors (Lipinski definition) is 2. The van der Waals surface area contributed by atoms with E-state index >= 15 is 0 Å².